The number of imidazole rings is 1. The van der Waals surface area contributed by atoms with Crippen LogP contribution < -0.4 is 9.50 Å². The third-order valence-electron chi connectivity index (χ3n) is 5.84. The Hall–Kier alpha value is -3.89. The minimum Gasteiger partial charge on any atom is -0.394 e. The number of aromatic nitrogens is 2. The number of aliphatic hydroxyl groups is 1. The van der Waals surface area contributed by atoms with Crippen molar-refractivity contribution in [3.05, 3.63) is 65.5 Å². The summed E-state index contributed by atoms with van der Waals surface area (Å²) in [5.41, 5.74) is 1.83. The Labute approximate surface area is 230 Å². The van der Waals surface area contributed by atoms with Crippen molar-refractivity contribution in [2.75, 3.05) is 12.4 Å². The molecule has 2 aromatic carbocycles. The van der Waals surface area contributed by atoms with E-state index in [-0.39, 0.29) is 24.0 Å². The molecule has 0 saturated heterocycles. The van der Waals surface area contributed by atoms with Crippen LogP contribution >= 0.6 is 0 Å². The number of nitriles is 1. The van der Waals surface area contributed by atoms with E-state index in [0.29, 0.717) is 34.8 Å². The number of carbonyl (C=O) groups excluding carboxylic acids is 1. The van der Waals surface area contributed by atoms with Crippen molar-refractivity contribution in [3.63, 3.8) is 0 Å². The summed E-state index contributed by atoms with van der Waals surface area (Å²) in [5, 5.41) is 21.9. The predicted octanol–water partition coefficient (Wildman–Crippen LogP) is 4.52. The fourth-order valence-corrected chi connectivity index (χ4v) is 5.00. The van der Waals surface area contributed by atoms with Gasteiger partial charge >= 0.3 is 16.3 Å². The van der Waals surface area contributed by atoms with Crippen LogP contribution in [0.5, 0.6) is 5.75 Å². The first-order valence-electron chi connectivity index (χ1n) is 12.3. The number of nitrogens with one attached hydrogen (secondary N) is 1. The van der Waals surface area contributed by atoms with E-state index in [1.54, 1.807) is 35.8 Å². The predicted molar refractivity (Wildman–Crippen MR) is 141 cm³/mol. The Morgan fingerprint density at radius 2 is 1.88 bits per heavy atom. The Morgan fingerprint density at radius 3 is 2.45 bits per heavy atom. The highest BCUT2D eigenvalue weighted by molar-refractivity contribution is 7.87. The van der Waals surface area contributed by atoms with Gasteiger partial charge < -0.3 is 14.6 Å². The number of halogens is 3. The second-order valence-corrected chi connectivity index (χ2v) is 11.3. The van der Waals surface area contributed by atoms with Crippen molar-refractivity contribution in [1.82, 2.24) is 14.9 Å². The van der Waals surface area contributed by atoms with Crippen LogP contribution in [-0.4, -0.2) is 53.6 Å². The summed E-state index contributed by atoms with van der Waals surface area (Å²) in [5.74, 6) is -1.38. The lowest BCUT2D eigenvalue weighted by Gasteiger charge is -2.17. The number of hydrogen-bond donors (Lipinski definition) is 2. The largest absolute Gasteiger partial charge is 0.394 e. The Bertz CT molecular complexity index is 1490. The number of alkyl halides is 3. The molecule has 2 N–H and O–H groups in total. The summed E-state index contributed by atoms with van der Waals surface area (Å²) in [4.78, 5) is 17.7. The van der Waals surface area contributed by atoms with Gasteiger partial charge in [-0.2, -0.15) is 26.9 Å². The summed E-state index contributed by atoms with van der Waals surface area (Å²) < 4.78 is 67.8. The van der Waals surface area contributed by atoms with Gasteiger partial charge in [-0.25, -0.2) is 4.98 Å². The van der Waals surface area contributed by atoms with Crippen LogP contribution in [0, 0.1) is 24.2 Å². The molecule has 0 bridgehead atoms. The maximum atomic E-state index is 13.2. The normalized spacial score (nSPS) is 12.7. The van der Waals surface area contributed by atoms with Crippen LogP contribution in [0.25, 0.3) is 17.1 Å². The third kappa shape index (κ3) is 8.06. The fourth-order valence-electron chi connectivity index (χ4n) is 4.04. The van der Waals surface area contributed by atoms with Gasteiger partial charge in [0.1, 0.15) is 17.3 Å². The van der Waals surface area contributed by atoms with Gasteiger partial charge in [0.05, 0.1) is 42.1 Å². The van der Waals surface area contributed by atoms with Gasteiger partial charge in [-0.3, -0.25) is 9.36 Å². The van der Waals surface area contributed by atoms with Gasteiger partial charge in [0.25, 0.3) is 5.91 Å². The first kappa shape index (κ1) is 30.6. The second kappa shape index (κ2) is 12.5. The van der Waals surface area contributed by atoms with E-state index in [9.17, 15) is 36.8 Å². The van der Waals surface area contributed by atoms with Crippen LogP contribution in [0.1, 0.15) is 48.4 Å². The van der Waals surface area contributed by atoms with Crippen LogP contribution in [0.3, 0.4) is 0 Å². The van der Waals surface area contributed by atoms with Gasteiger partial charge in [0.2, 0.25) is 0 Å². The number of amides is 1. The third-order valence-corrected chi connectivity index (χ3v) is 6.99. The van der Waals surface area contributed by atoms with Crippen LogP contribution in [0.15, 0.2) is 48.5 Å². The molecule has 0 fully saturated rings. The minimum atomic E-state index is -4.64. The summed E-state index contributed by atoms with van der Waals surface area (Å²) in [6.07, 6.45) is -5.63. The van der Waals surface area contributed by atoms with Gasteiger partial charge in [0.15, 0.2) is 0 Å². The lowest BCUT2D eigenvalue weighted by atomic mass is 10.0. The quantitative estimate of drug-likeness (QED) is 0.320. The van der Waals surface area contributed by atoms with E-state index in [1.165, 1.54) is 24.3 Å². The molecule has 0 aliphatic heterocycles. The number of carbonyl (C=O) groups is 1. The maximum absolute atomic E-state index is 13.2. The highest BCUT2D eigenvalue weighted by Crippen LogP contribution is 2.29. The SMILES string of the molecule is Cc1c(C(=O)NC(CO)CC(C)C)nc(-c2cccc(C#N)c2)n1-c1ccc(OS(=O)(=O)CCC(F)(F)F)cc1. The number of hydrogen-bond acceptors (Lipinski definition) is 7. The number of nitrogens with zero attached hydrogens (tertiary/aromatic N) is 3. The zero-order valence-corrected chi connectivity index (χ0v) is 22.9. The smallest absolute Gasteiger partial charge is 0.390 e. The molecule has 0 saturated carbocycles. The van der Waals surface area contributed by atoms with Gasteiger partial charge in [-0.05, 0) is 55.7 Å². The molecule has 3 rings (SSSR count). The van der Waals surface area contributed by atoms with E-state index in [0.717, 1.165) is 0 Å². The maximum Gasteiger partial charge on any atom is 0.390 e. The molecule has 1 heterocycles. The number of aliphatic hydroxyl groups excluding tert-OH is 1. The van der Waals surface area contributed by atoms with Crippen molar-refractivity contribution >= 4 is 16.0 Å². The monoisotopic (exact) mass is 578 g/mol. The molecule has 0 radical (unpaired) electrons. The van der Waals surface area contributed by atoms with Crippen molar-refractivity contribution in [3.8, 4) is 28.9 Å². The Kier molecular flexibility index (Phi) is 9.60. The summed E-state index contributed by atoms with van der Waals surface area (Å²) >= 11 is 0. The Morgan fingerprint density at radius 1 is 1.20 bits per heavy atom. The standard InChI is InChI=1S/C27H29F3N4O5S/c1-17(2)13-21(16-35)32-26(36)24-18(3)34(25(33-24)20-6-4-5-19(14-20)15-31)22-7-9-23(10-8-22)39-40(37,38)12-11-27(28,29)30/h4-10,14,17,21,35H,11-13,16H2,1-3H3,(H,32,36). The van der Waals surface area contributed by atoms with Crippen molar-refractivity contribution < 1.29 is 35.7 Å². The molecule has 0 spiro atoms. The minimum absolute atomic E-state index is 0.0784. The van der Waals surface area contributed by atoms with Crippen LogP contribution in [0.2, 0.25) is 0 Å². The van der Waals surface area contributed by atoms with E-state index in [1.807, 2.05) is 13.8 Å². The lowest BCUT2D eigenvalue weighted by Crippen LogP contribution is -2.38. The molecular weight excluding hydrogens is 549 g/mol. The average Bonchev–Trinajstić information content (AvgIpc) is 3.24. The van der Waals surface area contributed by atoms with Crippen LogP contribution in [-0.2, 0) is 10.1 Å². The topological polar surface area (TPSA) is 134 Å². The molecule has 1 aromatic heterocycles. The summed E-state index contributed by atoms with van der Waals surface area (Å²) in [6.45, 7) is 5.32. The first-order valence-corrected chi connectivity index (χ1v) is 13.9. The molecule has 3 aromatic rings. The zero-order chi connectivity index (χ0) is 29.7. The van der Waals surface area contributed by atoms with Gasteiger partial charge in [-0.15, -0.1) is 0 Å². The second-order valence-electron chi connectivity index (χ2n) is 9.58. The van der Waals surface area contributed by atoms with E-state index in [4.69, 9.17) is 4.18 Å². The van der Waals surface area contributed by atoms with Crippen molar-refractivity contribution in [1.29, 1.82) is 5.26 Å². The molecule has 40 heavy (non-hydrogen) atoms. The van der Waals surface area contributed by atoms with E-state index in [2.05, 4.69) is 16.4 Å². The molecular formula is C27H29F3N4O5S. The summed E-state index contributed by atoms with van der Waals surface area (Å²) in [7, 11) is -4.49. The van der Waals surface area contributed by atoms with Gasteiger partial charge in [-0.1, -0.05) is 26.0 Å². The highest BCUT2D eigenvalue weighted by Gasteiger charge is 2.31. The number of benzene rings is 2. The lowest BCUT2D eigenvalue weighted by molar-refractivity contribution is -0.130. The molecule has 1 atom stereocenters. The Balaban J connectivity index is 2.01. The first-order chi connectivity index (χ1) is 18.7. The zero-order valence-electron chi connectivity index (χ0n) is 22.1. The van der Waals surface area contributed by atoms with E-state index >= 15 is 0 Å². The number of rotatable bonds is 11. The molecule has 1 unspecified atom stereocenters. The van der Waals surface area contributed by atoms with Gasteiger partial charge in [0, 0.05) is 11.3 Å². The molecule has 0 aliphatic rings. The van der Waals surface area contributed by atoms with Crippen LogP contribution in [0.4, 0.5) is 13.2 Å². The van der Waals surface area contributed by atoms with Crippen molar-refractivity contribution in [2.45, 2.75) is 45.8 Å². The molecule has 214 valence electrons. The average molecular weight is 579 g/mol. The van der Waals surface area contributed by atoms with E-state index < -0.39 is 40.4 Å². The molecule has 13 heteroatoms. The molecule has 0 aliphatic carbocycles. The van der Waals surface area contributed by atoms with Crippen molar-refractivity contribution in [2.24, 2.45) is 5.92 Å². The highest BCUT2D eigenvalue weighted by atomic mass is 32.2. The fraction of sp³-hybridized carbons (Fsp3) is 0.370. The summed E-state index contributed by atoms with van der Waals surface area (Å²) in [6, 6.07) is 13.6. The molecule has 1 amide bonds. The molecule has 9 nitrogen and oxygen atoms in total.